The molecule has 0 saturated heterocycles. The number of hydrogen-bond donors (Lipinski definition) is 1. The van der Waals surface area contributed by atoms with E-state index in [1.165, 1.54) is 11.1 Å². The zero-order valence-electron chi connectivity index (χ0n) is 14.1. The number of nitrogens with zero attached hydrogens (tertiary/aromatic N) is 1. The molecule has 0 bridgehead atoms. The predicted octanol–water partition coefficient (Wildman–Crippen LogP) is 2.85. The van der Waals surface area contributed by atoms with Crippen LogP contribution in [0.25, 0.3) is 0 Å². The van der Waals surface area contributed by atoms with Gasteiger partial charge in [-0.3, -0.25) is 9.78 Å². The second kappa shape index (κ2) is 5.62. The van der Waals surface area contributed by atoms with Crippen molar-refractivity contribution in [2.75, 3.05) is 6.54 Å². The molecule has 1 N–H and O–H groups in total. The maximum atomic E-state index is 12.5. The molecule has 4 rings (SSSR count). The third-order valence-corrected chi connectivity index (χ3v) is 5.31. The van der Waals surface area contributed by atoms with E-state index in [0.29, 0.717) is 13.0 Å². The van der Waals surface area contributed by atoms with Crippen LogP contribution in [0.3, 0.4) is 0 Å². The van der Waals surface area contributed by atoms with Crippen molar-refractivity contribution in [3.05, 3.63) is 58.9 Å². The summed E-state index contributed by atoms with van der Waals surface area (Å²) in [6.07, 6.45) is 4.21. The lowest BCUT2D eigenvalue weighted by Gasteiger charge is -2.17. The first-order valence-electron chi connectivity index (χ1n) is 8.53. The van der Waals surface area contributed by atoms with Gasteiger partial charge < -0.3 is 10.1 Å². The number of fused-ring (bicyclic) bond motifs is 1. The minimum Gasteiger partial charge on any atom is -0.480 e. The number of aryl methyl sites for hydroxylation is 2. The zero-order valence-corrected chi connectivity index (χ0v) is 14.1. The number of aromatic nitrogens is 1. The normalized spacial score (nSPS) is 20.2. The number of amides is 1. The van der Waals surface area contributed by atoms with Crippen LogP contribution in [0.2, 0.25) is 0 Å². The number of pyridine rings is 1. The summed E-state index contributed by atoms with van der Waals surface area (Å²) in [5, 5.41) is 3.09. The van der Waals surface area contributed by atoms with E-state index in [9.17, 15) is 4.79 Å². The third-order valence-electron chi connectivity index (χ3n) is 5.31. The Morgan fingerprint density at radius 2 is 2.08 bits per heavy atom. The molecule has 1 aromatic heterocycles. The highest BCUT2D eigenvalue weighted by atomic mass is 16.5. The molecule has 1 atom stereocenters. The fraction of sp³-hybridized carbons (Fsp3) is 0.400. The largest absolute Gasteiger partial charge is 0.480 e. The van der Waals surface area contributed by atoms with Gasteiger partial charge >= 0.3 is 0 Å². The smallest absolute Gasteiger partial charge is 0.261 e. The molecule has 2 heterocycles. The van der Waals surface area contributed by atoms with Crippen LogP contribution >= 0.6 is 0 Å². The SMILES string of the molecule is Cc1cc2c(cc1C)O[C@H](C(=O)NCC1(c3ccccn3)CC1)C2. The Labute approximate surface area is 142 Å². The quantitative estimate of drug-likeness (QED) is 0.942. The van der Waals surface area contributed by atoms with Crippen LogP contribution in [0, 0.1) is 13.8 Å². The summed E-state index contributed by atoms with van der Waals surface area (Å²) in [6.45, 7) is 4.79. The first-order valence-corrected chi connectivity index (χ1v) is 8.53. The lowest BCUT2D eigenvalue weighted by molar-refractivity contribution is -0.127. The summed E-state index contributed by atoms with van der Waals surface area (Å²) >= 11 is 0. The topological polar surface area (TPSA) is 51.2 Å². The van der Waals surface area contributed by atoms with E-state index in [1.807, 2.05) is 30.5 Å². The van der Waals surface area contributed by atoms with Crippen molar-refractivity contribution in [1.82, 2.24) is 10.3 Å². The first-order chi connectivity index (χ1) is 11.6. The second-order valence-electron chi connectivity index (χ2n) is 7.07. The van der Waals surface area contributed by atoms with E-state index >= 15 is 0 Å². The van der Waals surface area contributed by atoms with E-state index in [0.717, 1.165) is 29.8 Å². The molecular weight excluding hydrogens is 300 g/mol. The van der Waals surface area contributed by atoms with Crippen molar-refractivity contribution >= 4 is 5.91 Å². The standard InChI is InChI=1S/C20H22N2O2/c1-13-9-15-11-17(24-16(15)10-14(13)2)19(23)22-12-20(6-7-20)18-5-3-4-8-21-18/h3-5,8-10,17H,6-7,11-12H2,1-2H3,(H,22,23)/t17-/m0/s1. The molecule has 0 spiro atoms. The van der Waals surface area contributed by atoms with Crippen LogP contribution in [-0.4, -0.2) is 23.5 Å². The van der Waals surface area contributed by atoms with Crippen LogP contribution in [0.4, 0.5) is 0 Å². The number of hydrogen-bond acceptors (Lipinski definition) is 3. The van der Waals surface area contributed by atoms with Crippen molar-refractivity contribution in [3.8, 4) is 5.75 Å². The average molecular weight is 322 g/mol. The van der Waals surface area contributed by atoms with Gasteiger partial charge in [-0.25, -0.2) is 0 Å². The molecule has 124 valence electrons. The van der Waals surface area contributed by atoms with Crippen LogP contribution < -0.4 is 10.1 Å². The summed E-state index contributed by atoms with van der Waals surface area (Å²) in [5.41, 5.74) is 4.67. The van der Waals surface area contributed by atoms with Gasteiger partial charge in [-0.15, -0.1) is 0 Å². The minimum atomic E-state index is -0.416. The third kappa shape index (κ3) is 2.66. The molecule has 0 radical (unpaired) electrons. The maximum Gasteiger partial charge on any atom is 0.261 e. The molecular formula is C20H22N2O2. The summed E-state index contributed by atoms with van der Waals surface area (Å²) in [4.78, 5) is 17.0. The van der Waals surface area contributed by atoms with Gasteiger partial charge in [-0.05, 0) is 61.6 Å². The fourth-order valence-electron chi connectivity index (χ4n) is 3.38. The Morgan fingerprint density at radius 1 is 1.29 bits per heavy atom. The molecule has 1 aromatic carbocycles. The van der Waals surface area contributed by atoms with Crippen molar-refractivity contribution in [1.29, 1.82) is 0 Å². The zero-order chi connectivity index (χ0) is 16.7. The van der Waals surface area contributed by atoms with Gasteiger partial charge in [0.15, 0.2) is 6.10 Å². The molecule has 4 nitrogen and oxygen atoms in total. The van der Waals surface area contributed by atoms with E-state index in [1.54, 1.807) is 0 Å². The van der Waals surface area contributed by atoms with E-state index < -0.39 is 6.10 Å². The summed E-state index contributed by atoms with van der Waals surface area (Å²) < 4.78 is 5.87. The summed E-state index contributed by atoms with van der Waals surface area (Å²) in [6, 6.07) is 10.1. The Kier molecular flexibility index (Phi) is 3.56. The molecule has 1 saturated carbocycles. The maximum absolute atomic E-state index is 12.5. The summed E-state index contributed by atoms with van der Waals surface area (Å²) in [7, 11) is 0. The van der Waals surface area contributed by atoms with Crippen LogP contribution in [0.5, 0.6) is 5.75 Å². The lowest BCUT2D eigenvalue weighted by atomic mass is 10.0. The first kappa shape index (κ1) is 15.2. The number of benzene rings is 1. The van der Waals surface area contributed by atoms with Gasteiger partial charge in [0.05, 0.1) is 0 Å². The van der Waals surface area contributed by atoms with Gasteiger partial charge in [0.2, 0.25) is 0 Å². The van der Waals surface area contributed by atoms with Crippen LogP contribution in [0.1, 0.15) is 35.2 Å². The van der Waals surface area contributed by atoms with Gasteiger partial charge in [0, 0.05) is 30.3 Å². The molecule has 1 fully saturated rings. The molecule has 1 aliphatic heterocycles. The highest BCUT2D eigenvalue weighted by molar-refractivity contribution is 5.82. The van der Waals surface area contributed by atoms with Crippen LogP contribution in [-0.2, 0) is 16.6 Å². The van der Waals surface area contributed by atoms with Crippen molar-refractivity contribution in [3.63, 3.8) is 0 Å². The Hall–Kier alpha value is -2.36. The molecule has 1 aliphatic carbocycles. The van der Waals surface area contributed by atoms with Crippen LogP contribution in [0.15, 0.2) is 36.5 Å². The molecule has 2 aromatic rings. The number of ether oxygens (including phenoxy) is 1. The summed E-state index contributed by atoms with van der Waals surface area (Å²) in [5.74, 6) is 0.827. The van der Waals surface area contributed by atoms with E-state index in [4.69, 9.17) is 4.74 Å². The highest BCUT2D eigenvalue weighted by Gasteiger charge is 2.46. The van der Waals surface area contributed by atoms with E-state index in [2.05, 4.69) is 30.2 Å². The van der Waals surface area contributed by atoms with E-state index in [-0.39, 0.29) is 11.3 Å². The molecule has 24 heavy (non-hydrogen) atoms. The number of rotatable bonds is 4. The van der Waals surface area contributed by atoms with Gasteiger partial charge in [-0.1, -0.05) is 12.1 Å². The average Bonchev–Trinajstić information content (AvgIpc) is 3.28. The highest BCUT2D eigenvalue weighted by Crippen LogP contribution is 2.46. The van der Waals surface area contributed by atoms with Gasteiger partial charge in [-0.2, -0.15) is 0 Å². The molecule has 0 unspecified atom stereocenters. The number of carbonyl (C=O) groups is 1. The lowest BCUT2D eigenvalue weighted by Crippen LogP contribution is -2.41. The monoisotopic (exact) mass is 322 g/mol. The molecule has 1 amide bonds. The minimum absolute atomic E-state index is 0.0234. The predicted molar refractivity (Wildman–Crippen MR) is 92.2 cm³/mol. The Balaban J connectivity index is 1.40. The fourth-order valence-corrected chi connectivity index (χ4v) is 3.38. The number of carbonyl (C=O) groups excluding carboxylic acids is 1. The Morgan fingerprint density at radius 3 is 2.79 bits per heavy atom. The molecule has 2 aliphatic rings. The van der Waals surface area contributed by atoms with Crippen molar-refractivity contribution in [2.24, 2.45) is 0 Å². The second-order valence-corrected chi connectivity index (χ2v) is 7.07. The Bertz CT molecular complexity index is 751. The van der Waals surface area contributed by atoms with Crippen molar-refractivity contribution in [2.45, 2.75) is 44.6 Å². The molecule has 4 heteroatoms. The van der Waals surface area contributed by atoms with Gasteiger partial charge in [0.1, 0.15) is 5.75 Å². The van der Waals surface area contributed by atoms with Gasteiger partial charge in [0.25, 0.3) is 5.91 Å². The van der Waals surface area contributed by atoms with Crippen molar-refractivity contribution < 1.29 is 9.53 Å². The number of nitrogens with one attached hydrogen (secondary N) is 1.